The Kier molecular flexibility index (Phi) is 4.67. The van der Waals surface area contributed by atoms with Gasteiger partial charge in [-0.3, -0.25) is 9.59 Å². The van der Waals surface area contributed by atoms with E-state index < -0.39 is 18.0 Å². The number of hydrogen-bond acceptors (Lipinski definition) is 5. The van der Waals surface area contributed by atoms with Crippen LogP contribution in [0.1, 0.15) is 12.5 Å². The molecule has 0 radical (unpaired) electrons. The maximum Gasteiger partial charge on any atom is 0.320 e. The van der Waals surface area contributed by atoms with E-state index in [1.54, 1.807) is 18.2 Å². The molecular weight excluding hydrogens is 238 g/mol. The van der Waals surface area contributed by atoms with Gasteiger partial charge in [0.25, 0.3) is 0 Å². The molecule has 1 aromatic carbocycles. The lowest BCUT2D eigenvalue weighted by Gasteiger charge is -2.14. The first-order chi connectivity index (χ1) is 8.45. The summed E-state index contributed by atoms with van der Waals surface area (Å²) in [5.74, 6) is -1.05. The Morgan fingerprint density at radius 2 is 2.11 bits per heavy atom. The van der Waals surface area contributed by atoms with Gasteiger partial charge in [-0.15, -0.1) is 0 Å². The molecule has 6 heteroatoms. The first kappa shape index (κ1) is 14.0. The number of aliphatic carboxylic acids is 1. The van der Waals surface area contributed by atoms with E-state index >= 15 is 0 Å². The van der Waals surface area contributed by atoms with Crippen LogP contribution in [0.3, 0.4) is 0 Å². The zero-order valence-electron chi connectivity index (χ0n) is 10.2. The van der Waals surface area contributed by atoms with Gasteiger partial charge in [-0.25, -0.2) is 0 Å². The molecule has 0 aliphatic rings. The fourth-order valence-corrected chi connectivity index (χ4v) is 1.47. The summed E-state index contributed by atoms with van der Waals surface area (Å²) in [7, 11) is 1.43. The molecule has 0 amide bonds. The third-order valence-corrected chi connectivity index (χ3v) is 2.28. The number of methoxy groups -OCH3 is 1. The Hall–Kier alpha value is -2.08. The molecule has 0 aliphatic heterocycles. The smallest absolute Gasteiger partial charge is 0.320 e. The Labute approximate surface area is 104 Å². The van der Waals surface area contributed by atoms with Crippen LogP contribution < -0.4 is 15.2 Å². The molecule has 0 aromatic heterocycles. The molecule has 0 saturated carbocycles. The van der Waals surface area contributed by atoms with Crippen LogP contribution in [0, 0.1) is 0 Å². The number of nitrogens with two attached hydrogens (primary N) is 1. The van der Waals surface area contributed by atoms with Crippen molar-refractivity contribution in [1.29, 1.82) is 0 Å². The maximum absolute atomic E-state index is 11.0. The number of carbonyl (C=O) groups is 2. The quantitative estimate of drug-likeness (QED) is 0.588. The SMILES string of the molecule is COc1cccc(CC(N)C(=O)O)c1OC(C)=O. The number of para-hydroxylation sites is 1. The molecule has 0 aliphatic carbocycles. The Morgan fingerprint density at radius 3 is 2.61 bits per heavy atom. The van der Waals surface area contributed by atoms with Gasteiger partial charge in [-0.1, -0.05) is 12.1 Å². The first-order valence-electron chi connectivity index (χ1n) is 5.28. The third kappa shape index (κ3) is 3.46. The number of hydrogen-bond donors (Lipinski definition) is 2. The summed E-state index contributed by atoms with van der Waals surface area (Å²) in [6.45, 7) is 1.26. The highest BCUT2D eigenvalue weighted by molar-refractivity contribution is 5.74. The van der Waals surface area contributed by atoms with Crippen molar-refractivity contribution < 1.29 is 24.2 Å². The second kappa shape index (κ2) is 6.02. The van der Waals surface area contributed by atoms with Crippen molar-refractivity contribution in [1.82, 2.24) is 0 Å². The molecule has 1 aromatic rings. The van der Waals surface area contributed by atoms with Gasteiger partial charge in [-0.05, 0) is 6.07 Å². The molecule has 0 fully saturated rings. The van der Waals surface area contributed by atoms with E-state index in [0.717, 1.165) is 0 Å². The van der Waals surface area contributed by atoms with Gasteiger partial charge in [0.05, 0.1) is 7.11 Å². The molecule has 0 bridgehead atoms. The minimum absolute atomic E-state index is 0.0507. The van der Waals surface area contributed by atoms with Gasteiger partial charge < -0.3 is 20.3 Å². The van der Waals surface area contributed by atoms with E-state index in [1.165, 1.54) is 14.0 Å². The van der Waals surface area contributed by atoms with E-state index in [4.69, 9.17) is 20.3 Å². The number of carboxylic acid groups (broad SMARTS) is 1. The third-order valence-electron chi connectivity index (χ3n) is 2.28. The summed E-state index contributed by atoms with van der Waals surface area (Å²) in [5.41, 5.74) is 5.97. The molecular formula is C12H15NO5. The van der Waals surface area contributed by atoms with Crippen LogP contribution in [0.5, 0.6) is 11.5 Å². The molecule has 1 atom stereocenters. The normalized spacial score (nSPS) is 11.7. The van der Waals surface area contributed by atoms with Crippen molar-refractivity contribution in [2.24, 2.45) is 5.73 Å². The first-order valence-corrected chi connectivity index (χ1v) is 5.28. The van der Waals surface area contributed by atoms with E-state index in [-0.39, 0.29) is 12.2 Å². The predicted octanol–water partition coefficient (Wildman–Crippen LogP) is 0.575. The average Bonchev–Trinajstić information content (AvgIpc) is 2.30. The average molecular weight is 253 g/mol. The van der Waals surface area contributed by atoms with Crippen molar-refractivity contribution in [2.45, 2.75) is 19.4 Å². The fourth-order valence-electron chi connectivity index (χ4n) is 1.47. The Bertz CT molecular complexity index is 458. The van der Waals surface area contributed by atoms with E-state index in [0.29, 0.717) is 11.3 Å². The van der Waals surface area contributed by atoms with Crippen LogP contribution in [-0.4, -0.2) is 30.2 Å². The maximum atomic E-state index is 11.0. The standard InChI is InChI=1S/C12H15NO5/c1-7(14)18-11-8(6-9(13)12(15)16)4-3-5-10(11)17-2/h3-5,9H,6,13H2,1-2H3,(H,15,16). The van der Waals surface area contributed by atoms with Crippen molar-refractivity contribution in [3.05, 3.63) is 23.8 Å². The summed E-state index contributed by atoms with van der Waals surface area (Å²) in [6.07, 6.45) is 0.0507. The van der Waals surface area contributed by atoms with Gasteiger partial charge in [0.2, 0.25) is 0 Å². The van der Waals surface area contributed by atoms with Crippen LogP contribution in [0.4, 0.5) is 0 Å². The topological polar surface area (TPSA) is 98.8 Å². The van der Waals surface area contributed by atoms with Crippen LogP contribution in [0.25, 0.3) is 0 Å². The predicted molar refractivity (Wildman–Crippen MR) is 63.6 cm³/mol. The number of ether oxygens (including phenoxy) is 2. The number of benzene rings is 1. The zero-order chi connectivity index (χ0) is 13.7. The molecule has 0 heterocycles. The van der Waals surface area contributed by atoms with E-state index in [2.05, 4.69) is 0 Å². The lowest BCUT2D eigenvalue weighted by molar-refractivity contribution is -0.138. The Balaban J connectivity index is 3.09. The van der Waals surface area contributed by atoms with Gasteiger partial charge in [-0.2, -0.15) is 0 Å². The van der Waals surface area contributed by atoms with Gasteiger partial charge in [0.15, 0.2) is 11.5 Å². The van der Waals surface area contributed by atoms with E-state index in [9.17, 15) is 9.59 Å². The molecule has 1 unspecified atom stereocenters. The van der Waals surface area contributed by atoms with Crippen molar-refractivity contribution in [2.75, 3.05) is 7.11 Å². The highest BCUT2D eigenvalue weighted by Gasteiger charge is 2.18. The van der Waals surface area contributed by atoms with Gasteiger partial charge in [0, 0.05) is 18.9 Å². The number of carbonyl (C=O) groups excluding carboxylic acids is 1. The Morgan fingerprint density at radius 1 is 1.44 bits per heavy atom. The molecule has 18 heavy (non-hydrogen) atoms. The zero-order valence-corrected chi connectivity index (χ0v) is 10.2. The second-order valence-electron chi connectivity index (χ2n) is 3.69. The number of rotatable bonds is 5. The van der Waals surface area contributed by atoms with Crippen molar-refractivity contribution >= 4 is 11.9 Å². The van der Waals surface area contributed by atoms with Crippen molar-refractivity contribution in [3.8, 4) is 11.5 Å². The van der Waals surface area contributed by atoms with Crippen LogP contribution in [0.2, 0.25) is 0 Å². The minimum atomic E-state index is -1.12. The monoisotopic (exact) mass is 253 g/mol. The number of esters is 1. The number of carboxylic acids is 1. The van der Waals surface area contributed by atoms with Crippen LogP contribution in [-0.2, 0) is 16.0 Å². The summed E-state index contributed by atoms with van der Waals surface area (Å²) < 4.78 is 10.1. The lowest BCUT2D eigenvalue weighted by atomic mass is 10.1. The van der Waals surface area contributed by atoms with Crippen LogP contribution in [0.15, 0.2) is 18.2 Å². The van der Waals surface area contributed by atoms with Gasteiger partial charge in [0.1, 0.15) is 6.04 Å². The summed E-state index contributed by atoms with van der Waals surface area (Å²) in [4.78, 5) is 21.8. The van der Waals surface area contributed by atoms with E-state index in [1.807, 2.05) is 0 Å². The fraction of sp³-hybridized carbons (Fsp3) is 0.333. The van der Waals surface area contributed by atoms with Gasteiger partial charge >= 0.3 is 11.9 Å². The minimum Gasteiger partial charge on any atom is -0.493 e. The summed E-state index contributed by atoms with van der Waals surface area (Å²) in [5, 5.41) is 8.78. The highest BCUT2D eigenvalue weighted by Crippen LogP contribution is 2.31. The van der Waals surface area contributed by atoms with Crippen LogP contribution >= 0.6 is 0 Å². The lowest BCUT2D eigenvalue weighted by Crippen LogP contribution is -2.32. The van der Waals surface area contributed by atoms with Crippen molar-refractivity contribution in [3.63, 3.8) is 0 Å². The highest BCUT2D eigenvalue weighted by atomic mass is 16.6. The second-order valence-corrected chi connectivity index (χ2v) is 3.69. The molecule has 0 spiro atoms. The largest absolute Gasteiger partial charge is 0.493 e. The molecule has 98 valence electrons. The summed E-state index contributed by atoms with van der Waals surface area (Å²) >= 11 is 0. The molecule has 1 rings (SSSR count). The summed E-state index contributed by atoms with van der Waals surface area (Å²) in [6, 6.07) is 3.87. The molecule has 6 nitrogen and oxygen atoms in total. The molecule has 0 saturated heterocycles. The molecule has 3 N–H and O–H groups in total.